The van der Waals surface area contributed by atoms with Crippen molar-refractivity contribution in [2.24, 2.45) is 0 Å². The number of hydrogen-bond acceptors (Lipinski definition) is 7. The van der Waals surface area contributed by atoms with Gasteiger partial charge in [0.1, 0.15) is 29.1 Å². The summed E-state index contributed by atoms with van der Waals surface area (Å²) >= 11 is 0. The summed E-state index contributed by atoms with van der Waals surface area (Å²) < 4.78 is 14.3. The summed E-state index contributed by atoms with van der Waals surface area (Å²) in [5.74, 6) is 2.23. The van der Waals surface area contributed by atoms with E-state index in [1.54, 1.807) is 50.6 Å². The third kappa shape index (κ3) is 3.58. The van der Waals surface area contributed by atoms with Crippen molar-refractivity contribution in [2.75, 3.05) is 25.2 Å². The standard InChI is InChI=1S/C25H22N6O3/c1-27-20-14-17(10-13-21(20)33-2)31-24-22(23(26)28-15-29-24)30(25(31)32)16-8-11-19(12-9-16)34-18-6-4-3-5-7-18/h3-15,27H,1-2H3,(H2,26,28,29). The van der Waals surface area contributed by atoms with Crippen LogP contribution in [-0.4, -0.2) is 33.3 Å². The van der Waals surface area contributed by atoms with Crippen LogP contribution < -0.4 is 26.2 Å². The van der Waals surface area contributed by atoms with Crippen molar-refractivity contribution in [2.45, 2.75) is 0 Å². The highest BCUT2D eigenvalue weighted by atomic mass is 16.5. The Morgan fingerprint density at radius 1 is 0.882 bits per heavy atom. The van der Waals surface area contributed by atoms with Gasteiger partial charge in [-0.2, -0.15) is 0 Å². The molecule has 170 valence electrons. The van der Waals surface area contributed by atoms with Gasteiger partial charge in [-0.1, -0.05) is 18.2 Å². The van der Waals surface area contributed by atoms with Crippen LogP contribution in [-0.2, 0) is 0 Å². The number of nitrogen functional groups attached to an aromatic ring is 1. The molecular weight excluding hydrogens is 432 g/mol. The lowest BCUT2D eigenvalue weighted by Gasteiger charge is -2.10. The first kappa shape index (κ1) is 21.1. The number of nitrogens with one attached hydrogen (secondary N) is 1. The van der Waals surface area contributed by atoms with Crippen molar-refractivity contribution in [3.63, 3.8) is 0 Å². The molecule has 2 aromatic heterocycles. The molecule has 34 heavy (non-hydrogen) atoms. The first-order valence-corrected chi connectivity index (χ1v) is 10.5. The second-order valence-electron chi connectivity index (χ2n) is 7.43. The highest BCUT2D eigenvalue weighted by Crippen LogP contribution is 2.29. The van der Waals surface area contributed by atoms with E-state index in [1.165, 1.54) is 15.5 Å². The van der Waals surface area contributed by atoms with Crippen LogP contribution in [0.25, 0.3) is 22.5 Å². The third-order valence-electron chi connectivity index (χ3n) is 5.43. The lowest BCUT2D eigenvalue weighted by atomic mass is 10.2. The quantitative estimate of drug-likeness (QED) is 0.399. The molecule has 5 rings (SSSR count). The van der Waals surface area contributed by atoms with Crippen LogP contribution >= 0.6 is 0 Å². The summed E-state index contributed by atoms with van der Waals surface area (Å²) in [6, 6.07) is 22.1. The molecule has 0 fully saturated rings. The number of benzene rings is 3. The smallest absolute Gasteiger partial charge is 0.339 e. The fourth-order valence-corrected chi connectivity index (χ4v) is 3.84. The van der Waals surface area contributed by atoms with Crippen LogP contribution in [0.15, 0.2) is 83.9 Å². The molecule has 0 amide bonds. The van der Waals surface area contributed by atoms with Crippen LogP contribution in [0, 0.1) is 0 Å². The summed E-state index contributed by atoms with van der Waals surface area (Å²) in [4.78, 5) is 22.2. The van der Waals surface area contributed by atoms with Crippen LogP contribution in [0.1, 0.15) is 0 Å². The van der Waals surface area contributed by atoms with Gasteiger partial charge in [0.2, 0.25) is 0 Å². The molecule has 5 aromatic rings. The number of anilines is 2. The molecule has 0 saturated carbocycles. The minimum atomic E-state index is -0.328. The molecule has 3 N–H and O–H groups in total. The van der Waals surface area contributed by atoms with Gasteiger partial charge in [-0.15, -0.1) is 0 Å². The summed E-state index contributed by atoms with van der Waals surface area (Å²) in [6.07, 6.45) is 1.34. The Hall–Kier alpha value is -4.79. The van der Waals surface area contributed by atoms with Gasteiger partial charge >= 0.3 is 5.69 Å². The molecule has 2 heterocycles. The van der Waals surface area contributed by atoms with Gasteiger partial charge in [-0.3, -0.25) is 4.57 Å². The molecule has 0 atom stereocenters. The molecule has 0 bridgehead atoms. The zero-order valence-corrected chi connectivity index (χ0v) is 18.6. The van der Waals surface area contributed by atoms with Gasteiger partial charge in [0, 0.05) is 7.05 Å². The lowest BCUT2D eigenvalue weighted by Crippen LogP contribution is -2.22. The van der Waals surface area contributed by atoms with E-state index in [2.05, 4.69) is 15.3 Å². The summed E-state index contributed by atoms with van der Waals surface area (Å²) in [7, 11) is 3.37. The average molecular weight is 454 g/mol. The van der Waals surface area contributed by atoms with Crippen LogP contribution in [0.3, 0.4) is 0 Å². The molecular formula is C25H22N6O3. The molecule has 0 aliphatic rings. The van der Waals surface area contributed by atoms with E-state index in [9.17, 15) is 4.79 Å². The maximum atomic E-state index is 13.7. The molecule has 0 radical (unpaired) electrons. The van der Waals surface area contributed by atoms with Crippen LogP contribution in [0.5, 0.6) is 17.2 Å². The summed E-state index contributed by atoms with van der Waals surface area (Å²) in [5.41, 5.74) is 8.65. The van der Waals surface area contributed by atoms with Gasteiger partial charge in [0.05, 0.1) is 24.2 Å². The van der Waals surface area contributed by atoms with E-state index in [4.69, 9.17) is 15.2 Å². The number of para-hydroxylation sites is 1. The zero-order chi connectivity index (χ0) is 23.7. The van der Waals surface area contributed by atoms with Crippen molar-refractivity contribution < 1.29 is 9.47 Å². The number of nitrogens with two attached hydrogens (primary N) is 1. The number of rotatable bonds is 6. The predicted octanol–water partition coefficient (Wildman–Crippen LogP) is 4.00. The minimum Gasteiger partial charge on any atom is -0.495 e. The van der Waals surface area contributed by atoms with Gasteiger partial charge < -0.3 is 20.5 Å². The van der Waals surface area contributed by atoms with Crippen molar-refractivity contribution >= 4 is 22.7 Å². The number of aromatic nitrogens is 4. The van der Waals surface area contributed by atoms with E-state index in [-0.39, 0.29) is 11.5 Å². The first-order valence-electron chi connectivity index (χ1n) is 10.5. The van der Waals surface area contributed by atoms with E-state index in [1.807, 2.05) is 36.4 Å². The van der Waals surface area contributed by atoms with Gasteiger partial charge in [0.15, 0.2) is 11.5 Å². The van der Waals surface area contributed by atoms with E-state index < -0.39 is 0 Å². The molecule has 0 unspecified atom stereocenters. The molecule has 0 spiro atoms. The summed E-state index contributed by atoms with van der Waals surface area (Å²) in [6.45, 7) is 0. The second-order valence-corrected chi connectivity index (χ2v) is 7.43. The molecule has 0 aliphatic carbocycles. The van der Waals surface area contributed by atoms with E-state index in [0.29, 0.717) is 34.0 Å². The number of methoxy groups -OCH3 is 1. The normalized spacial score (nSPS) is 10.9. The maximum Gasteiger partial charge on any atom is 0.339 e. The number of fused-ring (bicyclic) bond motifs is 1. The third-order valence-corrected chi connectivity index (χ3v) is 5.43. The molecule has 9 nitrogen and oxygen atoms in total. The molecule has 9 heteroatoms. The lowest BCUT2D eigenvalue weighted by molar-refractivity contribution is 0.416. The van der Waals surface area contributed by atoms with Gasteiger partial charge in [-0.05, 0) is 54.6 Å². The van der Waals surface area contributed by atoms with Crippen molar-refractivity contribution in [3.05, 3.63) is 89.6 Å². The predicted molar refractivity (Wildman–Crippen MR) is 131 cm³/mol. The van der Waals surface area contributed by atoms with Crippen molar-refractivity contribution in [3.8, 4) is 28.6 Å². The van der Waals surface area contributed by atoms with Crippen molar-refractivity contribution in [1.29, 1.82) is 0 Å². The Morgan fingerprint density at radius 2 is 1.59 bits per heavy atom. The van der Waals surface area contributed by atoms with Crippen molar-refractivity contribution in [1.82, 2.24) is 19.1 Å². The number of hydrogen-bond donors (Lipinski definition) is 2. The molecule has 0 aliphatic heterocycles. The Balaban J connectivity index is 1.64. The topological polar surface area (TPSA) is 109 Å². The maximum absolute atomic E-state index is 13.7. The summed E-state index contributed by atoms with van der Waals surface area (Å²) in [5, 5.41) is 3.08. The first-order chi connectivity index (χ1) is 16.6. The molecule has 3 aromatic carbocycles. The highest BCUT2D eigenvalue weighted by molar-refractivity contribution is 5.85. The number of ether oxygens (including phenoxy) is 2. The highest BCUT2D eigenvalue weighted by Gasteiger charge is 2.20. The van der Waals surface area contributed by atoms with Gasteiger partial charge in [0.25, 0.3) is 0 Å². The number of imidazole rings is 1. The number of nitrogens with zero attached hydrogens (tertiary/aromatic N) is 4. The minimum absolute atomic E-state index is 0.202. The fourth-order valence-electron chi connectivity index (χ4n) is 3.84. The van der Waals surface area contributed by atoms with Crippen LogP contribution in [0.2, 0.25) is 0 Å². The van der Waals surface area contributed by atoms with Gasteiger partial charge in [-0.25, -0.2) is 19.3 Å². The molecule has 0 saturated heterocycles. The van der Waals surface area contributed by atoms with E-state index >= 15 is 0 Å². The Morgan fingerprint density at radius 3 is 2.29 bits per heavy atom. The monoisotopic (exact) mass is 454 g/mol. The Kier molecular flexibility index (Phi) is 5.35. The SMILES string of the molecule is CNc1cc(-n2c(=O)n(-c3ccc(Oc4ccccc4)cc3)c3c(N)ncnc32)ccc1OC. The van der Waals surface area contributed by atoms with Crippen LogP contribution in [0.4, 0.5) is 11.5 Å². The Bertz CT molecular complexity index is 1520. The fraction of sp³-hybridized carbons (Fsp3) is 0.0800. The zero-order valence-electron chi connectivity index (χ0n) is 18.6. The average Bonchev–Trinajstić information content (AvgIpc) is 3.17. The second kappa shape index (κ2) is 8.62. The van der Waals surface area contributed by atoms with E-state index in [0.717, 1.165) is 11.4 Å². The Labute approximate surface area is 195 Å². The largest absolute Gasteiger partial charge is 0.495 e.